The molecule has 0 saturated carbocycles. The van der Waals surface area contributed by atoms with Gasteiger partial charge < -0.3 is 15.0 Å². The second-order valence-corrected chi connectivity index (χ2v) is 7.19. The largest absolute Gasteiger partial charge is 0.495 e. The molecule has 1 saturated heterocycles. The van der Waals surface area contributed by atoms with Gasteiger partial charge in [0.05, 0.1) is 19.3 Å². The molecule has 0 bridgehead atoms. The molecule has 1 aromatic rings. The molecule has 0 aliphatic carbocycles. The number of urea groups is 1. The summed E-state index contributed by atoms with van der Waals surface area (Å²) in [6.07, 6.45) is 0. The Labute approximate surface area is 149 Å². The SMILES string of the molecule is COc1ccccc1N1CCN(CC(=O)NC(=O)NC(C)(C)C)CC1. The van der Waals surface area contributed by atoms with Crippen LogP contribution in [0.4, 0.5) is 10.5 Å². The number of piperazine rings is 1. The summed E-state index contributed by atoms with van der Waals surface area (Å²) in [4.78, 5) is 28.0. The number of nitrogens with one attached hydrogen (secondary N) is 2. The summed E-state index contributed by atoms with van der Waals surface area (Å²) in [5.41, 5.74) is 0.698. The number of hydrogen-bond acceptors (Lipinski definition) is 5. The number of carbonyl (C=O) groups is 2. The van der Waals surface area contributed by atoms with Gasteiger partial charge in [-0.1, -0.05) is 12.1 Å². The van der Waals surface area contributed by atoms with Gasteiger partial charge in [-0.15, -0.1) is 0 Å². The van der Waals surface area contributed by atoms with Crippen LogP contribution in [0.3, 0.4) is 0 Å². The number of anilines is 1. The predicted octanol–water partition coefficient (Wildman–Crippen LogP) is 1.44. The third-order valence-electron chi connectivity index (χ3n) is 3.91. The molecule has 0 radical (unpaired) electrons. The summed E-state index contributed by atoms with van der Waals surface area (Å²) in [5.74, 6) is 0.569. The highest BCUT2D eigenvalue weighted by Gasteiger charge is 2.22. The van der Waals surface area contributed by atoms with E-state index in [1.807, 2.05) is 49.9 Å². The number of rotatable bonds is 4. The van der Waals surface area contributed by atoms with Crippen molar-refractivity contribution in [2.75, 3.05) is 44.7 Å². The lowest BCUT2D eigenvalue weighted by atomic mass is 10.1. The smallest absolute Gasteiger partial charge is 0.321 e. The number of nitrogens with zero attached hydrogens (tertiary/aromatic N) is 2. The lowest BCUT2D eigenvalue weighted by Gasteiger charge is -2.36. The van der Waals surface area contributed by atoms with E-state index in [2.05, 4.69) is 15.5 Å². The van der Waals surface area contributed by atoms with Crippen molar-refractivity contribution >= 4 is 17.6 Å². The zero-order chi connectivity index (χ0) is 18.4. The second kappa shape index (κ2) is 8.20. The van der Waals surface area contributed by atoms with Crippen molar-refractivity contribution in [2.24, 2.45) is 0 Å². The van der Waals surface area contributed by atoms with Gasteiger partial charge in [-0.3, -0.25) is 15.0 Å². The minimum Gasteiger partial charge on any atom is -0.495 e. The van der Waals surface area contributed by atoms with Gasteiger partial charge in [-0.25, -0.2) is 4.79 Å². The molecule has 1 aromatic carbocycles. The van der Waals surface area contributed by atoms with Gasteiger partial charge in [-0.05, 0) is 32.9 Å². The van der Waals surface area contributed by atoms with Crippen LogP contribution in [0.1, 0.15) is 20.8 Å². The zero-order valence-electron chi connectivity index (χ0n) is 15.5. The highest BCUT2D eigenvalue weighted by atomic mass is 16.5. The summed E-state index contributed by atoms with van der Waals surface area (Å²) < 4.78 is 5.41. The van der Waals surface area contributed by atoms with Crippen molar-refractivity contribution in [1.29, 1.82) is 0 Å². The average Bonchev–Trinajstić information content (AvgIpc) is 2.53. The van der Waals surface area contributed by atoms with E-state index in [1.165, 1.54) is 0 Å². The lowest BCUT2D eigenvalue weighted by molar-refractivity contribution is -0.121. The second-order valence-electron chi connectivity index (χ2n) is 7.19. The van der Waals surface area contributed by atoms with Gasteiger partial charge in [0.25, 0.3) is 0 Å². The molecule has 3 amide bonds. The lowest BCUT2D eigenvalue weighted by Crippen LogP contribution is -2.53. The maximum absolute atomic E-state index is 12.0. The molecule has 2 rings (SSSR count). The minimum absolute atomic E-state index is 0.220. The summed E-state index contributed by atoms with van der Waals surface area (Å²) >= 11 is 0. The molecule has 0 spiro atoms. The molecule has 138 valence electrons. The van der Waals surface area contributed by atoms with Crippen LogP contribution >= 0.6 is 0 Å². The van der Waals surface area contributed by atoms with E-state index >= 15 is 0 Å². The number of carbonyl (C=O) groups excluding carboxylic acids is 2. The first-order valence-electron chi connectivity index (χ1n) is 8.51. The molecule has 1 aliphatic heterocycles. The van der Waals surface area contributed by atoms with Crippen LogP contribution in [0, 0.1) is 0 Å². The topological polar surface area (TPSA) is 73.9 Å². The minimum atomic E-state index is -0.454. The Morgan fingerprint density at radius 2 is 1.76 bits per heavy atom. The Hall–Kier alpha value is -2.28. The molecule has 1 heterocycles. The van der Waals surface area contributed by atoms with Crippen LogP contribution in [-0.2, 0) is 4.79 Å². The fraction of sp³-hybridized carbons (Fsp3) is 0.556. The summed E-state index contributed by atoms with van der Waals surface area (Å²) in [5, 5.41) is 5.10. The van der Waals surface area contributed by atoms with Gasteiger partial charge >= 0.3 is 6.03 Å². The molecule has 25 heavy (non-hydrogen) atoms. The van der Waals surface area contributed by atoms with Gasteiger partial charge in [0.2, 0.25) is 5.91 Å². The first-order chi connectivity index (χ1) is 11.8. The highest BCUT2D eigenvalue weighted by molar-refractivity contribution is 5.95. The van der Waals surface area contributed by atoms with Crippen molar-refractivity contribution in [3.8, 4) is 5.75 Å². The fourth-order valence-electron chi connectivity index (χ4n) is 2.78. The Balaban J connectivity index is 1.80. The van der Waals surface area contributed by atoms with E-state index in [0.29, 0.717) is 0 Å². The maximum Gasteiger partial charge on any atom is 0.321 e. The van der Waals surface area contributed by atoms with Crippen molar-refractivity contribution in [1.82, 2.24) is 15.5 Å². The van der Waals surface area contributed by atoms with Crippen molar-refractivity contribution in [3.63, 3.8) is 0 Å². The summed E-state index contributed by atoms with van der Waals surface area (Å²) in [7, 11) is 1.67. The van der Waals surface area contributed by atoms with E-state index in [4.69, 9.17) is 4.74 Å². The number of ether oxygens (including phenoxy) is 1. The Morgan fingerprint density at radius 3 is 2.36 bits per heavy atom. The monoisotopic (exact) mass is 348 g/mol. The van der Waals surface area contributed by atoms with Crippen molar-refractivity contribution in [2.45, 2.75) is 26.3 Å². The van der Waals surface area contributed by atoms with Gasteiger partial charge in [0, 0.05) is 31.7 Å². The quantitative estimate of drug-likeness (QED) is 0.861. The zero-order valence-corrected chi connectivity index (χ0v) is 15.5. The Bertz CT molecular complexity index is 605. The summed E-state index contributed by atoms with van der Waals surface area (Å²) in [6, 6.07) is 7.48. The molecule has 1 fully saturated rings. The highest BCUT2D eigenvalue weighted by Crippen LogP contribution is 2.28. The number of hydrogen-bond donors (Lipinski definition) is 2. The third-order valence-corrected chi connectivity index (χ3v) is 3.91. The number of benzene rings is 1. The van der Waals surface area contributed by atoms with Gasteiger partial charge in [-0.2, -0.15) is 0 Å². The molecule has 0 aromatic heterocycles. The van der Waals surface area contributed by atoms with Crippen LogP contribution in [-0.4, -0.2) is 62.2 Å². The molecule has 0 unspecified atom stereocenters. The molecule has 0 atom stereocenters. The normalized spacial score (nSPS) is 15.6. The third kappa shape index (κ3) is 5.94. The summed E-state index contributed by atoms with van der Waals surface area (Å²) in [6.45, 7) is 8.95. The van der Waals surface area contributed by atoms with Crippen LogP contribution in [0.15, 0.2) is 24.3 Å². The van der Waals surface area contributed by atoms with E-state index in [1.54, 1.807) is 7.11 Å². The van der Waals surface area contributed by atoms with E-state index < -0.39 is 6.03 Å². The average molecular weight is 348 g/mol. The van der Waals surface area contributed by atoms with E-state index in [0.717, 1.165) is 37.6 Å². The van der Waals surface area contributed by atoms with Gasteiger partial charge in [0.15, 0.2) is 0 Å². The number of imide groups is 1. The fourth-order valence-corrected chi connectivity index (χ4v) is 2.78. The van der Waals surface area contributed by atoms with Crippen LogP contribution in [0.25, 0.3) is 0 Å². The number of methoxy groups -OCH3 is 1. The van der Waals surface area contributed by atoms with E-state index in [-0.39, 0.29) is 18.0 Å². The molecule has 1 aliphatic rings. The first kappa shape index (κ1) is 19.1. The Kier molecular flexibility index (Phi) is 6.25. The molecule has 2 N–H and O–H groups in total. The number of amides is 3. The van der Waals surface area contributed by atoms with Crippen molar-refractivity contribution < 1.29 is 14.3 Å². The molecular weight excluding hydrogens is 320 g/mol. The Morgan fingerprint density at radius 1 is 1.12 bits per heavy atom. The predicted molar refractivity (Wildman–Crippen MR) is 98.1 cm³/mol. The molecule has 7 nitrogen and oxygen atoms in total. The van der Waals surface area contributed by atoms with Gasteiger partial charge in [0.1, 0.15) is 5.75 Å². The number of para-hydroxylation sites is 2. The maximum atomic E-state index is 12.0. The van der Waals surface area contributed by atoms with Crippen LogP contribution < -0.4 is 20.3 Å². The van der Waals surface area contributed by atoms with Crippen LogP contribution in [0.2, 0.25) is 0 Å². The molecule has 7 heteroatoms. The van der Waals surface area contributed by atoms with Crippen molar-refractivity contribution in [3.05, 3.63) is 24.3 Å². The molecular formula is C18H28N4O3. The van der Waals surface area contributed by atoms with E-state index in [9.17, 15) is 9.59 Å². The van der Waals surface area contributed by atoms with Crippen LogP contribution in [0.5, 0.6) is 5.75 Å². The standard InChI is InChI=1S/C18H28N4O3/c1-18(2,3)20-17(24)19-16(23)13-21-9-11-22(12-10-21)14-7-5-6-8-15(14)25-4/h5-8H,9-13H2,1-4H3,(H2,19,20,23,24). The first-order valence-corrected chi connectivity index (χ1v) is 8.51.